The average Bonchev–Trinajstić information content (AvgIpc) is 3.35. The highest BCUT2D eigenvalue weighted by molar-refractivity contribution is 7.86. The summed E-state index contributed by atoms with van der Waals surface area (Å²) in [4.78, 5) is 16.4. The molecule has 1 unspecified atom stereocenters. The van der Waals surface area contributed by atoms with Gasteiger partial charge < -0.3 is 9.80 Å². The molecular weight excluding hydrogens is 402 g/mol. The van der Waals surface area contributed by atoms with Crippen molar-refractivity contribution in [1.82, 2.24) is 18.4 Å². The third-order valence-electron chi connectivity index (χ3n) is 5.62. The highest BCUT2D eigenvalue weighted by Crippen LogP contribution is 2.23. The van der Waals surface area contributed by atoms with Crippen molar-refractivity contribution >= 4 is 16.1 Å². The Hall–Kier alpha value is -1.62. The molecule has 2 heterocycles. The first kappa shape index (κ1) is 22.1. The van der Waals surface area contributed by atoms with Gasteiger partial charge in [-0.2, -0.15) is 17.0 Å². The van der Waals surface area contributed by atoms with E-state index in [0.29, 0.717) is 26.1 Å². The molecule has 10 heteroatoms. The maximum Gasteiger partial charge on any atom is 0.281 e. The third-order valence-corrected chi connectivity index (χ3v) is 7.61. The fraction of sp³-hybridized carbons (Fsp3) is 0.632. The van der Waals surface area contributed by atoms with Gasteiger partial charge in [-0.1, -0.05) is 0 Å². The first-order valence-electron chi connectivity index (χ1n) is 9.86. The summed E-state index contributed by atoms with van der Waals surface area (Å²) in [5.74, 6) is -2.51. The molecule has 1 atom stereocenters. The van der Waals surface area contributed by atoms with Crippen LogP contribution in [0.1, 0.15) is 29.6 Å². The van der Waals surface area contributed by atoms with E-state index in [2.05, 4.69) is 4.90 Å². The minimum absolute atomic E-state index is 0.0589. The normalized spacial score (nSPS) is 20.9. The second-order valence-corrected chi connectivity index (χ2v) is 9.87. The first-order valence-corrected chi connectivity index (χ1v) is 11.3. The van der Waals surface area contributed by atoms with Gasteiger partial charge in [0.2, 0.25) is 0 Å². The first-order chi connectivity index (χ1) is 13.7. The van der Waals surface area contributed by atoms with E-state index < -0.39 is 27.8 Å². The van der Waals surface area contributed by atoms with Crippen LogP contribution >= 0.6 is 0 Å². The van der Waals surface area contributed by atoms with E-state index in [9.17, 15) is 22.0 Å². The number of benzene rings is 1. The Morgan fingerprint density at radius 2 is 1.83 bits per heavy atom. The predicted octanol–water partition coefficient (Wildman–Crippen LogP) is 1.38. The van der Waals surface area contributed by atoms with Gasteiger partial charge in [-0.3, -0.25) is 4.79 Å². The van der Waals surface area contributed by atoms with Crippen molar-refractivity contribution in [2.45, 2.75) is 25.3 Å². The van der Waals surface area contributed by atoms with Gasteiger partial charge in [0.1, 0.15) is 0 Å². The van der Waals surface area contributed by atoms with Gasteiger partial charge in [0.05, 0.1) is 0 Å². The van der Waals surface area contributed by atoms with Crippen molar-refractivity contribution in [3.05, 3.63) is 35.4 Å². The fourth-order valence-electron chi connectivity index (χ4n) is 3.92. The van der Waals surface area contributed by atoms with Crippen molar-refractivity contribution < 1.29 is 22.0 Å². The Morgan fingerprint density at radius 1 is 1.14 bits per heavy atom. The Morgan fingerprint density at radius 3 is 2.45 bits per heavy atom. The number of carbonyl (C=O) groups excluding carboxylic acids is 1. The van der Waals surface area contributed by atoms with Gasteiger partial charge >= 0.3 is 0 Å². The molecule has 0 saturated carbocycles. The Kier molecular flexibility index (Phi) is 6.87. The van der Waals surface area contributed by atoms with E-state index >= 15 is 0 Å². The summed E-state index contributed by atoms with van der Waals surface area (Å²) in [5.41, 5.74) is 0.0589. The molecule has 2 saturated heterocycles. The van der Waals surface area contributed by atoms with Crippen molar-refractivity contribution in [2.24, 2.45) is 0 Å². The van der Waals surface area contributed by atoms with Crippen LogP contribution in [0.2, 0.25) is 0 Å². The maximum absolute atomic E-state index is 13.5. The topological polar surface area (TPSA) is 64.2 Å². The van der Waals surface area contributed by atoms with E-state index in [0.717, 1.165) is 38.1 Å². The van der Waals surface area contributed by atoms with Gasteiger partial charge in [-0.25, -0.2) is 8.78 Å². The van der Waals surface area contributed by atoms with Crippen LogP contribution in [0, 0.1) is 11.6 Å². The zero-order valence-electron chi connectivity index (χ0n) is 16.9. The van der Waals surface area contributed by atoms with Crippen LogP contribution in [0.3, 0.4) is 0 Å². The number of amides is 1. The van der Waals surface area contributed by atoms with Gasteiger partial charge in [-0.05, 0) is 50.6 Å². The molecule has 1 amide bonds. The Balaban J connectivity index is 1.71. The molecule has 29 heavy (non-hydrogen) atoms. The lowest BCUT2D eigenvalue weighted by molar-refractivity contribution is 0.0783. The molecule has 0 spiro atoms. The van der Waals surface area contributed by atoms with E-state index in [-0.39, 0.29) is 18.2 Å². The molecular formula is C19H28F2N4O3S. The van der Waals surface area contributed by atoms with Crippen LogP contribution in [-0.4, -0.2) is 92.1 Å². The Labute approximate surface area is 171 Å². The van der Waals surface area contributed by atoms with Crippen LogP contribution in [0.15, 0.2) is 18.2 Å². The molecule has 0 radical (unpaired) electrons. The largest absolute Gasteiger partial charge is 0.337 e. The van der Waals surface area contributed by atoms with Crippen LogP contribution in [0.25, 0.3) is 0 Å². The SMILES string of the molecule is CN(C)S(=O)(=O)N(CCN1CCCC1)C1CCN(C(=O)c2ccc(F)c(F)c2)C1. The van der Waals surface area contributed by atoms with Gasteiger partial charge in [0.25, 0.3) is 16.1 Å². The van der Waals surface area contributed by atoms with Gasteiger partial charge in [-0.15, -0.1) is 0 Å². The number of halogens is 2. The highest BCUT2D eigenvalue weighted by Gasteiger charge is 2.38. The summed E-state index contributed by atoms with van der Waals surface area (Å²) in [5, 5.41) is 0. The zero-order valence-corrected chi connectivity index (χ0v) is 17.7. The average molecular weight is 431 g/mol. The Bertz CT molecular complexity index is 844. The molecule has 2 aliphatic heterocycles. The molecule has 3 rings (SSSR count). The standard InChI is InChI=1S/C19H28F2N4O3S/c1-22(2)29(27,28)25(12-11-23-8-3-4-9-23)16-7-10-24(14-16)19(26)15-5-6-17(20)18(21)13-15/h5-6,13,16H,3-4,7-12,14H2,1-2H3. The molecule has 7 nitrogen and oxygen atoms in total. The number of carbonyl (C=O) groups is 1. The number of likely N-dealkylation sites (tertiary alicyclic amines) is 2. The quantitative estimate of drug-likeness (QED) is 0.656. The minimum Gasteiger partial charge on any atom is -0.337 e. The molecule has 2 aliphatic rings. The number of hydrogen-bond donors (Lipinski definition) is 0. The lowest BCUT2D eigenvalue weighted by Crippen LogP contribution is -2.50. The van der Waals surface area contributed by atoms with E-state index in [1.807, 2.05) is 0 Å². The second kappa shape index (κ2) is 9.03. The van der Waals surface area contributed by atoms with Gasteiger partial charge in [0, 0.05) is 51.9 Å². The number of nitrogens with zero attached hydrogens (tertiary/aromatic N) is 4. The smallest absolute Gasteiger partial charge is 0.281 e. The summed E-state index contributed by atoms with van der Waals surface area (Å²) in [6.07, 6.45) is 2.75. The lowest BCUT2D eigenvalue weighted by atomic mass is 10.2. The second-order valence-electron chi connectivity index (χ2n) is 7.77. The van der Waals surface area contributed by atoms with Crippen LogP contribution in [-0.2, 0) is 10.2 Å². The summed E-state index contributed by atoms with van der Waals surface area (Å²) in [7, 11) is -0.653. The van der Waals surface area contributed by atoms with E-state index in [1.54, 1.807) is 0 Å². The van der Waals surface area contributed by atoms with E-state index in [1.165, 1.54) is 33.7 Å². The van der Waals surface area contributed by atoms with Crippen molar-refractivity contribution in [2.75, 3.05) is 53.4 Å². The number of hydrogen-bond acceptors (Lipinski definition) is 4. The molecule has 2 fully saturated rings. The lowest BCUT2D eigenvalue weighted by Gasteiger charge is -2.32. The van der Waals surface area contributed by atoms with Crippen molar-refractivity contribution in [3.8, 4) is 0 Å². The number of rotatable bonds is 7. The summed E-state index contributed by atoms with van der Waals surface area (Å²) in [6, 6.07) is 2.71. The molecule has 0 aromatic heterocycles. The highest BCUT2D eigenvalue weighted by atomic mass is 32.2. The van der Waals surface area contributed by atoms with Crippen molar-refractivity contribution in [1.29, 1.82) is 0 Å². The zero-order chi connectivity index (χ0) is 21.2. The monoisotopic (exact) mass is 430 g/mol. The van der Waals surface area contributed by atoms with E-state index in [4.69, 9.17) is 0 Å². The molecule has 1 aromatic rings. The molecule has 0 aliphatic carbocycles. The summed E-state index contributed by atoms with van der Waals surface area (Å²) in [6.45, 7) is 3.55. The molecule has 1 aromatic carbocycles. The summed E-state index contributed by atoms with van der Waals surface area (Å²) < 4.78 is 55.1. The van der Waals surface area contributed by atoms with Gasteiger partial charge in [0.15, 0.2) is 11.6 Å². The van der Waals surface area contributed by atoms with Crippen LogP contribution < -0.4 is 0 Å². The maximum atomic E-state index is 13.5. The molecule has 162 valence electrons. The fourth-order valence-corrected chi connectivity index (χ4v) is 5.20. The summed E-state index contributed by atoms with van der Waals surface area (Å²) >= 11 is 0. The predicted molar refractivity (Wildman–Crippen MR) is 106 cm³/mol. The molecule has 0 bridgehead atoms. The van der Waals surface area contributed by atoms with Crippen LogP contribution in [0.5, 0.6) is 0 Å². The van der Waals surface area contributed by atoms with Crippen LogP contribution in [0.4, 0.5) is 8.78 Å². The third kappa shape index (κ3) is 4.93. The molecule has 0 N–H and O–H groups in total. The van der Waals surface area contributed by atoms with Crippen molar-refractivity contribution in [3.63, 3.8) is 0 Å². The minimum atomic E-state index is -3.65.